The second kappa shape index (κ2) is 25.1. The molecule has 4 amide bonds. The maximum Gasteiger partial charge on any atom is 0.407 e. The Morgan fingerprint density at radius 1 is 0.787 bits per heavy atom. The number of amides is 4. The van der Waals surface area contributed by atoms with Gasteiger partial charge in [0.25, 0.3) is 5.91 Å². The fraction of sp³-hybridized carbons (Fsp3) is 0.500. The van der Waals surface area contributed by atoms with Gasteiger partial charge in [0.15, 0.2) is 0 Å². The predicted octanol–water partition coefficient (Wildman–Crippen LogP) is 6.48. The average Bonchev–Trinajstić information content (AvgIpc) is 3.90. The quantitative estimate of drug-likeness (QED) is 0.0388. The minimum absolute atomic E-state index is 0.0360. The summed E-state index contributed by atoms with van der Waals surface area (Å²) < 4.78 is 160. The number of methoxy groups -OCH3 is 2. The van der Waals surface area contributed by atoms with E-state index in [0.29, 0.717) is 69.2 Å². The molecule has 2 aromatic carbocycles. The molecule has 5 N–H and O–H groups in total. The summed E-state index contributed by atoms with van der Waals surface area (Å²) in [5.74, 6) is 0.693. The van der Waals surface area contributed by atoms with Gasteiger partial charge >= 0.3 is 31.1 Å². The lowest BCUT2D eigenvalue weighted by Crippen LogP contribution is -2.64. The molecule has 436 valence electrons. The summed E-state index contributed by atoms with van der Waals surface area (Å²) in [5.41, 5.74) is -4.42. The molecule has 2 fully saturated rings. The highest BCUT2D eigenvalue weighted by Gasteiger charge is 2.57. The highest BCUT2D eigenvalue weighted by atomic mass is 19.4. The molecule has 28 heteroatoms. The number of alkyl carbamates (subject to hydrolysis) is 2. The second-order valence-electron chi connectivity index (χ2n) is 20.5. The molecule has 4 heterocycles. The van der Waals surface area contributed by atoms with Crippen LogP contribution in [0.4, 0.5) is 59.3 Å². The molecule has 2 aromatic heterocycles. The standard InChI is InChI=1S/C52H60F10N10O8/c1-48(2,51(57,58)59)41(65-46(76)78-6)43(74)64-38(22-31-11-8-30(9-12-31)10-13-32-14-15-40(63-25-32)69-18-20-70(21-19-69)50(5)28-80-29-50)39(73)27-71(68-44(75)42(66-47(77)79-7)49(3,4)52(60,61)62)26-34-35(53)23-33(24-36(34)54)37-16-17-72(67-37)45(55)56/h8-9,11-12,14-17,23-25,38-39,41-42,45,73H,18-22,26-29H2,1-7H3,(H,64,74)(H,65,76)(H,66,77)(H,68,75)/t38-,39-,41+,42+/m0/s1. The molecule has 0 saturated carbocycles. The first-order valence-corrected chi connectivity index (χ1v) is 24.7. The van der Waals surface area contributed by atoms with Gasteiger partial charge < -0.3 is 40.2 Å². The lowest BCUT2D eigenvalue weighted by atomic mass is 9.82. The van der Waals surface area contributed by atoms with Gasteiger partial charge in [-0.3, -0.25) is 19.9 Å². The van der Waals surface area contributed by atoms with Crippen molar-refractivity contribution in [3.63, 3.8) is 0 Å². The zero-order chi connectivity index (χ0) is 59.1. The third kappa shape index (κ3) is 14.8. The maximum absolute atomic E-state index is 16.0. The van der Waals surface area contributed by atoms with E-state index in [1.807, 2.05) is 16.8 Å². The van der Waals surface area contributed by atoms with E-state index < -0.39 is 115 Å². The minimum Gasteiger partial charge on any atom is -0.453 e. The number of benzene rings is 2. The Labute approximate surface area is 453 Å². The summed E-state index contributed by atoms with van der Waals surface area (Å²) in [6, 6.07) is 5.23. The molecule has 18 nitrogen and oxygen atoms in total. The number of rotatable bonds is 19. The van der Waals surface area contributed by atoms with Gasteiger partial charge in [0, 0.05) is 73.9 Å². The van der Waals surface area contributed by atoms with Gasteiger partial charge in [0.1, 0.15) is 29.5 Å². The SMILES string of the molecule is COC(=O)N[C@H](C(=O)N[C@@H](Cc1ccc(C#Cc2ccc(N3CCN(C4(C)COC4)CC3)nc2)cc1)[C@@H](O)CN(Cc1c(F)cc(-c2ccn(C(F)F)n2)cc1F)NC(=O)[C@@H](NC(=O)OC)C(C)(C)C(F)(F)F)C(C)(C)C(F)(F)F. The molecule has 6 rings (SSSR count). The van der Waals surface area contributed by atoms with Crippen LogP contribution < -0.4 is 26.3 Å². The Morgan fingerprint density at radius 2 is 1.32 bits per heavy atom. The Morgan fingerprint density at radius 3 is 1.80 bits per heavy atom. The number of alkyl halides is 8. The number of carbonyl (C=O) groups excluding carboxylic acids is 4. The number of hydrogen-bond acceptors (Lipinski definition) is 13. The number of carbonyl (C=O) groups is 4. The van der Waals surface area contributed by atoms with Gasteiger partial charge in [0.05, 0.1) is 61.6 Å². The minimum atomic E-state index is -5.23. The Balaban J connectivity index is 1.32. The van der Waals surface area contributed by atoms with Crippen LogP contribution >= 0.6 is 0 Å². The summed E-state index contributed by atoms with van der Waals surface area (Å²) in [6.07, 6.45) is -13.6. The number of hydrogen-bond donors (Lipinski definition) is 5. The van der Waals surface area contributed by atoms with Crippen LogP contribution in [0.1, 0.15) is 63.4 Å². The van der Waals surface area contributed by atoms with Crippen molar-refractivity contribution in [2.75, 3.05) is 65.1 Å². The third-order valence-corrected chi connectivity index (χ3v) is 14.1. The lowest BCUT2D eigenvalue weighted by molar-refractivity contribution is -0.221. The van der Waals surface area contributed by atoms with Crippen LogP contribution in [-0.4, -0.2) is 156 Å². The zero-order valence-electron chi connectivity index (χ0n) is 44.4. The van der Waals surface area contributed by atoms with Crippen molar-refractivity contribution in [1.29, 1.82) is 0 Å². The zero-order valence-corrected chi connectivity index (χ0v) is 44.4. The number of nitrogens with zero attached hydrogens (tertiary/aromatic N) is 6. The molecule has 2 aliphatic heterocycles. The number of aromatic nitrogens is 3. The fourth-order valence-electron chi connectivity index (χ4n) is 8.62. The second-order valence-corrected chi connectivity index (χ2v) is 20.5. The molecule has 2 aliphatic rings. The number of nitrogens with one attached hydrogen (secondary N) is 4. The van der Waals surface area contributed by atoms with Crippen LogP contribution in [0.2, 0.25) is 0 Å². The number of aliphatic hydroxyl groups is 1. The van der Waals surface area contributed by atoms with Crippen molar-refractivity contribution in [2.24, 2.45) is 10.8 Å². The van der Waals surface area contributed by atoms with Crippen LogP contribution in [0.25, 0.3) is 11.3 Å². The van der Waals surface area contributed by atoms with Crippen LogP contribution in [0, 0.1) is 34.3 Å². The number of piperazine rings is 1. The van der Waals surface area contributed by atoms with E-state index in [1.165, 1.54) is 24.3 Å². The van der Waals surface area contributed by atoms with Gasteiger partial charge in [-0.15, -0.1) is 0 Å². The molecule has 4 atom stereocenters. The summed E-state index contributed by atoms with van der Waals surface area (Å²) in [7, 11) is 1.60. The molecule has 0 radical (unpaired) electrons. The molecule has 0 spiro atoms. The van der Waals surface area contributed by atoms with Gasteiger partial charge in [-0.25, -0.2) is 33.0 Å². The van der Waals surface area contributed by atoms with Crippen LogP contribution in [0.3, 0.4) is 0 Å². The summed E-state index contributed by atoms with van der Waals surface area (Å²) in [4.78, 5) is 62.0. The van der Waals surface area contributed by atoms with Gasteiger partial charge in [-0.2, -0.15) is 40.2 Å². The summed E-state index contributed by atoms with van der Waals surface area (Å²) in [5, 5.41) is 22.0. The number of pyridine rings is 1. The molecule has 2 saturated heterocycles. The van der Waals surface area contributed by atoms with Crippen molar-refractivity contribution in [2.45, 2.75) is 96.3 Å². The maximum atomic E-state index is 16.0. The molecule has 0 bridgehead atoms. The van der Waals surface area contributed by atoms with Crippen LogP contribution in [0.15, 0.2) is 67.0 Å². The van der Waals surface area contributed by atoms with Gasteiger partial charge in [0.2, 0.25) is 5.91 Å². The summed E-state index contributed by atoms with van der Waals surface area (Å²) >= 11 is 0. The van der Waals surface area contributed by atoms with E-state index in [2.05, 4.69) is 53.4 Å². The highest BCUT2D eigenvalue weighted by Crippen LogP contribution is 2.42. The van der Waals surface area contributed by atoms with E-state index in [4.69, 9.17) is 4.74 Å². The topological polar surface area (TPSA) is 205 Å². The Hall–Kier alpha value is -7.22. The van der Waals surface area contributed by atoms with Crippen molar-refractivity contribution < 1.29 is 82.4 Å². The van der Waals surface area contributed by atoms with E-state index in [0.717, 1.165) is 58.5 Å². The van der Waals surface area contributed by atoms with E-state index in [-0.39, 0.29) is 27.0 Å². The number of anilines is 1. The molecular formula is C52H60F10N10O8. The number of aliphatic hydroxyl groups excluding tert-OH is 1. The molecule has 0 aliphatic carbocycles. The largest absolute Gasteiger partial charge is 0.453 e. The van der Waals surface area contributed by atoms with Crippen LogP contribution in [-0.2, 0) is 36.8 Å². The number of halogens is 10. The van der Waals surface area contributed by atoms with Gasteiger partial charge in [-0.1, -0.05) is 24.0 Å². The fourth-order valence-corrected chi connectivity index (χ4v) is 8.62. The van der Waals surface area contributed by atoms with E-state index >= 15 is 8.78 Å². The first-order chi connectivity index (χ1) is 37.4. The highest BCUT2D eigenvalue weighted by molar-refractivity contribution is 5.87. The molecular weight excluding hydrogens is 1080 g/mol. The average molecular weight is 1140 g/mol. The Kier molecular flexibility index (Phi) is 19.4. The van der Waals surface area contributed by atoms with Crippen molar-refractivity contribution in [3.8, 4) is 23.1 Å². The number of hydrazine groups is 1. The normalized spacial score (nSPS) is 16.6. The first-order valence-electron chi connectivity index (χ1n) is 24.7. The van der Waals surface area contributed by atoms with E-state index in [1.54, 1.807) is 17.6 Å². The van der Waals surface area contributed by atoms with Crippen molar-refractivity contribution >= 4 is 29.8 Å². The van der Waals surface area contributed by atoms with Crippen LogP contribution in [0.5, 0.6) is 0 Å². The van der Waals surface area contributed by atoms with E-state index in [9.17, 15) is 59.4 Å². The smallest absolute Gasteiger partial charge is 0.407 e. The predicted molar refractivity (Wildman–Crippen MR) is 267 cm³/mol. The van der Waals surface area contributed by atoms with Gasteiger partial charge in [-0.05, 0) is 89.1 Å². The third-order valence-electron chi connectivity index (χ3n) is 14.1. The molecule has 0 unspecified atom stereocenters. The van der Waals surface area contributed by atoms with Crippen molar-refractivity contribution in [1.82, 2.24) is 46.0 Å². The Bertz CT molecular complexity index is 2860. The molecule has 4 aromatic rings. The lowest BCUT2D eigenvalue weighted by Gasteiger charge is -2.50. The molecule has 80 heavy (non-hydrogen) atoms. The summed E-state index contributed by atoms with van der Waals surface area (Å²) in [6.45, 7) is 3.65. The monoisotopic (exact) mass is 1140 g/mol. The number of ether oxygens (including phenoxy) is 3. The van der Waals surface area contributed by atoms with Crippen molar-refractivity contribution in [3.05, 3.63) is 101 Å². The first kappa shape index (κ1) is 62.0.